The summed E-state index contributed by atoms with van der Waals surface area (Å²) in [6.07, 6.45) is 0. The Morgan fingerprint density at radius 1 is 1.18 bits per heavy atom. The van der Waals surface area contributed by atoms with Gasteiger partial charge in [0.1, 0.15) is 6.54 Å². The fourth-order valence-corrected chi connectivity index (χ4v) is 3.77. The molecule has 0 aliphatic heterocycles. The lowest BCUT2D eigenvalue weighted by molar-refractivity contribution is -0.385. The molecular formula is C17H16F2N2O6S. The summed E-state index contributed by atoms with van der Waals surface area (Å²) >= 11 is 0. The first-order valence-electron chi connectivity index (χ1n) is 7.96. The molecule has 0 aliphatic carbocycles. The molecule has 0 amide bonds. The van der Waals surface area contributed by atoms with Gasteiger partial charge in [0.15, 0.2) is 11.6 Å². The lowest BCUT2D eigenvalue weighted by Gasteiger charge is -2.23. The van der Waals surface area contributed by atoms with Crippen molar-refractivity contribution < 1.29 is 31.7 Å². The van der Waals surface area contributed by atoms with Gasteiger partial charge in [0.25, 0.3) is 15.7 Å². The highest BCUT2D eigenvalue weighted by atomic mass is 32.2. The normalized spacial score (nSPS) is 11.1. The van der Waals surface area contributed by atoms with Crippen molar-refractivity contribution in [2.24, 2.45) is 0 Å². The SMILES string of the molecule is CCOC(=O)CN(c1ccc(F)c(F)c1)S(=O)(=O)c1ccc(C)c([N+](=O)[O-])c1. The summed E-state index contributed by atoms with van der Waals surface area (Å²) in [5.74, 6) is -3.46. The summed E-state index contributed by atoms with van der Waals surface area (Å²) in [5, 5.41) is 11.1. The highest BCUT2D eigenvalue weighted by Crippen LogP contribution is 2.28. The molecule has 11 heteroatoms. The van der Waals surface area contributed by atoms with Crippen molar-refractivity contribution in [3.05, 3.63) is 63.7 Å². The number of carbonyl (C=O) groups excluding carboxylic acids is 1. The first-order valence-corrected chi connectivity index (χ1v) is 9.40. The third-order valence-electron chi connectivity index (χ3n) is 3.73. The van der Waals surface area contributed by atoms with Gasteiger partial charge in [0.05, 0.1) is 22.1 Å². The van der Waals surface area contributed by atoms with E-state index in [1.165, 1.54) is 19.9 Å². The molecule has 0 saturated carbocycles. The maximum Gasteiger partial charge on any atom is 0.326 e. The Morgan fingerprint density at radius 2 is 1.86 bits per heavy atom. The van der Waals surface area contributed by atoms with Gasteiger partial charge in [0, 0.05) is 17.7 Å². The summed E-state index contributed by atoms with van der Waals surface area (Å²) in [5.41, 5.74) is -0.550. The molecule has 0 spiro atoms. The van der Waals surface area contributed by atoms with Crippen LogP contribution in [-0.4, -0.2) is 32.5 Å². The van der Waals surface area contributed by atoms with Gasteiger partial charge in [-0.15, -0.1) is 0 Å². The average molecular weight is 414 g/mol. The second-order valence-electron chi connectivity index (χ2n) is 5.62. The first kappa shape index (κ1) is 21.2. The Kier molecular flexibility index (Phi) is 6.29. The lowest BCUT2D eigenvalue weighted by atomic mass is 10.2. The fourth-order valence-electron chi connectivity index (χ4n) is 2.35. The summed E-state index contributed by atoms with van der Waals surface area (Å²) in [6, 6.07) is 5.47. The van der Waals surface area contributed by atoms with Crippen LogP contribution in [0.1, 0.15) is 12.5 Å². The van der Waals surface area contributed by atoms with Gasteiger partial charge in [0.2, 0.25) is 0 Å². The van der Waals surface area contributed by atoms with Crippen molar-refractivity contribution >= 4 is 27.4 Å². The van der Waals surface area contributed by atoms with Crippen molar-refractivity contribution in [2.75, 3.05) is 17.5 Å². The van der Waals surface area contributed by atoms with Crippen molar-refractivity contribution in [1.29, 1.82) is 0 Å². The number of benzene rings is 2. The number of sulfonamides is 1. The van der Waals surface area contributed by atoms with Crippen LogP contribution in [0, 0.1) is 28.7 Å². The third-order valence-corrected chi connectivity index (χ3v) is 5.50. The van der Waals surface area contributed by atoms with E-state index in [0.29, 0.717) is 16.4 Å². The molecule has 0 N–H and O–H groups in total. The van der Waals surface area contributed by atoms with E-state index in [1.807, 2.05) is 0 Å². The standard InChI is InChI=1S/C17H16F2N2O6S/c1-3-27-17(22)10-20(12-5-7-14(18)15(19)8-12)28(25,26)13-6-4-11(2)16(9-13)21(23)24/h4-9H,3,10H2,1-2H3. The molecule has 0 saturated heterocycles. The van der Waals surface area contributed by atoms with Crippen LogP contribution in [0.15, 0.2) is 41.3 Å². The Morgan fingerprint density at radius 3 is 2.43 bits per heavy atom. The summed E-state index contributed by atoms with van der Waals surface area (Å²) in [7, 11) is -4.53. The third kappa shape index (κ3) is 4.42. The molecule has 0 heterocycles. The number of hydrogen-bond donors (Lipinski definition) is 0. The average Bonchev–Trinajstić information content (AvgIpc) is 2.62. The zero-order valence-electron chi connectivity index (χ0n) is 14.9. The molecule has 8 nitrogen and oxygen atoms in total. The molecule has 150 valence electrons. The quantitative estimate of drug-likeness (QED) is 0.392. The maximum absolute atomic E-state index is 13.6. The van der Waals surface area contributed by atoms with Gasteiger partial charge in [-0.25, -0.2) is 17.2 Å². The van der Waals surface area contributed by atoms with E-state index in [-0.39, 0.29) is 17.9 Å². The molecule has 0 unspecified atom stereocenters. The van der Waals surface area contributed by atoms with Crippen molar-refractivity contribution in [3.63, 3.8) is 0 Å². The number of hydrogen-bond acceptors (Lipinski definition) is 6. The molecule has 2 aromatic carbocycles. The minimum absolute atomic E-state index is 0.0273. The van der Waals surface area contributed by atoms with Crippen LogP contribution in [0.2, 0.25) is 0 Å². The molecule has 0 fully saturated rings. The summed E-state index contributed by atoms with van der Waals surface area (Å²) in [4.78, 5) is 21.8. The number of nitro groups is 1. The van der Waals surface area contributed by atoms with E-state index in [1.54, 1.807) is 0 Å². The Bertz CT molecular complexity index is 1030. The summed E-state index contributed by atoms with van der Waals surface area (Å²) < 4.78 is 58.2. The monoisotopic (exact) mass is 414 g/mol. The van der Waals surface area contributed by atoms with Crippen molar-refractivity contribution in [3.8, 4) is 0 Å². The van der Waals surface area contributed by atoms with Crippen LogP contribution in [0.25, 0.3) is 0 Å². The van der Waals surface area contributed by atoms with Crippen LogP contribution < -0.4 is 4.31 Å². The van der Waals surface area contributed by atoms with Gasteiger partial charge < -0.3 is 4.74 Å². The van der Waals surface area contributed by atoms with Crippen molar-refractivity contribution in [1.82, 2.24) is 0 Å². The van der Waals surface area contributed by atoms with Gasteiger partial charge >= 0.3 is 5.97 Å². The predicted molar refractivity (Wildman–Crippen MR) is 95.4 cm³/mol. The Hall–Kier alpha value is -3.08. The second-order valence-corrected chi connectivity index (χ2v) is 7.48. The van der Waals surface area contributed by atoms with Crippen LogP contribution in [-0.2, 0) is 19.6 Å². The van der Waals surface area contributed by atoms with Gasteiger partial charge in [-0.1, -0.05) is 6.07 Å². The Balaban J connectivity index is 2.60. The zero-order chi connectivity index (χ0) is 21.1. The molecule has 0 bridgehead atoms. The molecule has 0 aromatic heterocycles. The minimum Gasteiger partial charge on any atom is -0.465 e. The Labute approximate surface area is 159 Å². The molecular weight excluding hydrogens is 398 g/mol. The number of halogens is 2. The number of nitrogens with zero attached hydrogens (tertiary/aromatic N) is 2. The van der Waals surface area contributed by atoms with E-state index < -0.39 is 49.7 Å². The van der Waals surface area contributed by atoms with E-state index in [0.717, 1.165) is 18.2 Å². The molecule has 0 radical (unpaired) electrons. The van der Waals surface area contributed by atoms with Gasteiger partial charge in [-0.2, -0.15) is 0 Å². The lowest BCUT2D eigenvalue weighted by Crippen LogP contribution is -2.36. The van der Waals surface area contributed by atoms with Crippen LogP contribution in [0.5, 0.6) is 0 Å². The molecule has 2 aromatic rings. The number of carbonyl (C=O) groups is 1. The number of esters is 1. The van der Waals surface area contributed by atoms with E-state index >= 15 is 0 Å². The number of aryl methyl sites for hydroxylation is 1. The van der Waals surface area contributed by atoms with Crippen LogP contribution in [0.3, 0.4) is 0 Å². The van der Waals surface area contributed by atoms with E-state index in [9.17, 15) is 32.1 Å². The van der Waals surface area contributed by atoms with E-state index in [4.69, 9.17) is 4.74 Å². The zero-order valence-corrected chi connectivity index (χ0v) is 15.7. The fraction of sp³-hybridized carbons (Fsp3) is 0.235. The van der Waals surface area contributed by atoms with E-state index in [2.05, 4.69) is 0 Å². The number of nitro benzene ring substituents is 1. The second kappa shape index (κ2) is 8.30. The number of ether oxygens (including phenoxy) is 1. The smallest absolute Gasteiger partial charge is 0.326 e. The minimum atomic E-state index is -4.53. The highest BCUT2D eigenvalue weighted by molar-refractivity contribution is 7.92. The first-order chi connectivity index (χ1) is 13.1. The largest absolute Gasteiger partial charge is 0.465 e. The van der Waals surface area contributed by atoms with Crippen molar-refractivity contribution in [2.45, 2.75) is 18.7 Å². The molecule has 0 atom stereocenters. The highest BCUT2D eigenvalue weighted by Gasteiger charge is 2.30. The predicted octanol–water partition coefficient (Wildman–Crippen LogP) is 2.94. The van der Waals surface area contributed by atoms with Gasteiger partial charge in [-0.3, -0.25) is 19.2 Å². The van der Waals surface area contributed by atoms with Gasteiger partial charge in [-0.05, 0) is 32.0 Å². The molecule has 2 rings (SSSR count). The maximum atomic E-state index is 13.6. The number of rotatable bonds is 7. The summed E-state index contributed by atoms with van der Waals surface area (Å²) in [6.45, 7) is 2.08. The number of anilines is 1. The topological polar surface area (TPSA) is 107 Å². The molecule has 0 aliphatic rings. The van der Waals surface area contributed by atoms with Crippen LogP contribution in [0.4, 0.5) is 20.2 Å². The van der Waals surface area contributed by atoms with Crippen LogP contribution >= 0.6 is 0 Å². The molecule has 28 heavy (non-hydrogen) atoms.